The molecule has 4 aromatic rings. The van der Waals surface area contributed by atoms with E-state index in [4.69, 9.17) is 4.74 Å². The molecule has 10 heteroatoms. The molecule has 1 saturated heterocycles. The van der Waals surface area contributed by atoms with Gasteiger partial charge >= 0.3 is 0 Å². The maximum Gasteiger partial charge on any atom is 0.272 e. The van der Waals surface area contributed by atoms with Gasteiger partial charge in [0.1, 0.15) is 11.4 Å². The Balaban J connectivity index is 1.48. The second kappa shape index (κ2) is 10.3. The Morgan fingerprint density at radius 1 is 1.10 bits per heavy atom. The number of carbonyl (C=O) groups excluding carboxylic acids is 1. The summed E-state index contributed by atoms with van der Waals surface area (Å²) in [5.74, 6) is 0.571. The van der Waals surface area contributed by atoms with Crippen molar-refractivity contribution in [3.8, 4) is 5.75 Å². The summed E-state index contributed by atoms with van der Waals surface area (Å²) in [4.78, 5) is 19.5. The van der Waals surface area contributed by atoms with Gasteiger partial charge in [-0.05, 0) is 61.7 Å². The Bertz CT molecular complexity index is 1710. The number of rotatable bonds is 5. The topological polar surface area (TPSA) is 105 Å². The van der Waals surface area contributed by atoms with E-state index < -0.39 is 21.5 Å². The van der Waals surface area contributed by atoms with Crippen LogP contribution in [0.15, 0.2) is 71.8 Å². The van der Waals surface area contributed by atoms with Gasteiger partial charge in [-0.3, -0.25) is 9.78 Å². The molecule has 0 aliphatic carbocycles. The fourth-order valence-corrected chi connectivity index (χ4v) is 8.28. The van der Waals surface area contributed by atoms with E-state index in [0.717, 1.165) is 27.7 Å². The quantitative estimate of drug-likeness (QED) is 0.389. The van der Waals surface area contributed by atoms with E-state index in [1.807, 2.05) is 36.7 Å². The first-order chi connectivity index (χ1) is 19.7. The number of hydrogen-bond donors (Lipinski definition) is 1. The van der Waals surface area contributed by atoms with Crippen molar-refractivity contribution in [3.05, 3.63) is 89.4 Å². The van der Waals surface area contributed by atoms with Crippen LogP contribution in [0.1, 0.15) is 46.2 Å². The van der Waals surface area contributed by atoms with E-state index in [9.17, 15) is 18.3 Å². The molecule has 1 atom stereocenters. The average Bonchev–Trinajstić information content (AvgIpc) is 3.30. The molecular formula is C31H34N4O5S. The monoisotopic (exact) mass is 574 g/mol. The highest BCUT2D eigenvalue weighted by atomic mass is 32.2. The number of hydrogen-bond acceptors (Lipinski definition) is 6. The predicted octanol–water partition coefficient (Wildman–Crippen LogP) is 3.80. The molecule has 214 valence electrons. The van der Waals surface area contributed by atoms with Gasteiger partial charge in [0.05, 0.1) is 30.2 Å². The lowest BCUT2D eigenvalue weighted by atomic mass is 9.69. The molecule has 0 radical (unpaired) electrons. The molecule has 9 nitrogen and oxygen atoms in total. The summed E-state index contributed by atoms with van der Waals surface area (Å²) in [5, 5.41) is 11.7. The number of pyridine rings is 1. The summed E-state index contributed by atoms with van der Waals surface area (Å²) in [7, 11) is -0.421. The molecule has 1 fully saturated rings. The van der Waals surface area contributed by atoms with Crippen molar-refractivity contribution < 1.29 is 23.1 Å². The average molecular weight is 575 g/mol. The molecule has 2 aromatic carbocycles. The highest BCUT2D eigenvalue weighted by Gasteiger charge is 2.51. The zero-order valence-electron chi connectivity index (χ0n) is 23.4. The summed E-state index contributed by atoms with van der Waals surface area (Å²) < 4.78 is 37.4. The van der Waals surface area contributed by atoms with Crippen LogP contribution in [0.2, 0.25) is 0 Å². The summed E-state index contributed by atoms with van der Waals surface area (Å²) in [6.07, 6.45) is 2.75. The maximum absolute atomic E-state index is 14.2. The van der Waals surface area contributed by atoms with Crippen molar-refractivity contribution in [2.45, 2.75) is 36.1 Å². The van der Waals surface area contributed by atoms with Gasteiger partial charge in [-0.1, -0.05) is 23.8 Å². The van der Waals surface area contributed by atoms with Crippen molar-refractivity contribution in [3.63, 3.8) is 0 Å². The molecule has 4 heterocycles. The standard InChI is InChI=1S/C31H34N4O5S/c1-21-7-10-23(11-8-21)41(38,39)35-20-31(13-16-34(17-14-31)30(37)25-6-4-5-15-32-25)28-24-12-9-22(40-3)18-26(24)33(2)29(28)27(35)19-36/h4-12,15,18,27,36H,13-14,16-17,19-20H2,1-3H3/t27-/m1/s1. The van der Waals surface area contributed by atoms with E-state index in [1.165, 1.54) is 4.31 Å². The smallest absolute Gasteiger partial charge is 0.272 e. The fraction of sp³-hybridized carbons (Fsp3) is 0.355. The Labute approximate surface area is 240 Å². The minimum Gasteiger partial charge on any atom is -0.497 e. The number of aliphatic hydroxyl groups is 1. The molecule has 2 aliphatic rings. The summed E-state index contributed by atoms with van der Waals surface area (Å²) in [6.45, 7) is 2.68. The first-order valence-corrected chi connectivity index (χ1v) is 15.2. The number of carbonyl (C=O) groups is 1. The lowest BCUT2D eigenvalue weighted by Gasteiger charge is -2.49. The molecule has 1 N–H and O–H groups in total. The van der Waals surface area contributed by atoms with Crippen molar-refractivity contribution >= 4 is 26.8 Å². The van der Waals surface area contributed by atoms with E-state index >= 15 is 0 Å². The molecule has 0 bridgehead atoms. The van der Waals surface area contributed by atoms with Crippen LogP contribution < -0.4 is 4.74 Å². The number of amides is 1. The highest BCUT2D eigenvalue weighted by molar-refractivity contribution is 7.89. The number of aliphatic hydroxyl groups excluding tert-OH is 1. The Morgan fingerprint density at radius 2 is 1.83 bits per heavy atom. The molecule has 0 saturated carbocycles. The molecule has 41 heavy (non-hydrogen) atoms. The maximum atomic E-state index is 14.2. The molecule has 0 unspecified atom stereocenters. The lowest BCUT2D eigenvalue weighted by Crippen LogP contribution is -2.56. The van der Waals surface area contributed by atoms with E-state index in [2.05, 4.69) is 4.98 Å². The third-order valence-corrected chi connectivity index (χ3v) is 10.7. The van der Waals surface area contributed by atoms with Gasteiger partial charge in [-0.2, -0.15) is 4.31 Å². The number of nitrogens with zero attached hydrogens (tertiary/aromatic N) is 4. The highest BCUT2D eigenvalue weighted by Crippen LogP contribution is 2.51. The molecule has 1 spiro atoms. The SMILES string of the molecule is COc1ccc2c3c(n(C)c2c1)[C@@H](CO)N(S(=O)(=O)c1ccc(C)cc1)CC31CCN(C(=O)c2ccccn2)CC1. The Hall–Kier alpha value is -3.73. The van der Waals surface area contributed by atoms with Crippen LogP contribution in [-0.2, 0) is 22.5 Å². The van der Waals surface area contributed by atoms with Crippen LogP contribution in [-0.4, -0.2) is 71.5 Å². The van der Waals surface area contributed by atoms with Crippen molar-refractivity contribution in [1.29, 1.82) is 0 Å². The van der Waals surface area contributed by atoms with Crippen LogP contribution in [0, 0.1) is 6.92 Å². The Kier molecular flexibility index (Phi) is 6.88. The third kappa shape index (κ3) is 4.41. The molecular weight excluding hydrogens is 540 g/mol. The molecule has 6 rings (SSSR count). The number of methoxy groups -OCH3 is 1. The van der Waals surface area contributed by atoms with Crippen LogP contribution >= 0.6 is 0 Å². The van der Waals surface area contributed by atoms with Gasteiger partial charge in [0.15, 0.2) is 0 Å². The number of benzene rings is 2. The van der Waals surface area contributed by atoms with Gasteiger partial charge in [-0.15, -0.1) is 0 Å². The summed E-state index contributed by atoms with van der Waals surface area (Å²) in [5.41, 5.74) is 3.54. The van der Waals surface area contributed by atoms with Crippen LogP contribution in [0.3, 0.4) is 0 Å². The zero-order valence-corrected chi connectivity index (χ0v) is 24.3. The number of fused-ring (bicyclic) bond motifs is 4. The minimum atomic E-state index is -3.95. The van der Waals surface area contributed by atoms with Gasteiger partial charge < -0.3 is 19.3 Å². The molecule has 1 amide bonds. The number of likely N-dealkylation sites (tertiary alicyclic amines) is 1. The number of ether oxygens (including phenoxy) is 1. The predicted molar refractivity (Wildman–Crippen MR) is 155 cm³/mol. The van der Waals surface area contributed by atoms with Crippen molar-refractivity contribution in [2.24, 2.45) is 7.05 Å². The normalized spacial score (nSPS) is 18.9. The number of piperidine rings is 1. The summed E-state index contributed by atoms with van der Waals surface area (Å²) >= 11 is 0. The molecule has 2 aliphatic heterocycles. The second-order valence-corrected chi connectivity index (χ2v) is 12.9. The fourth-order valence-electron chi connectivity index (χ4n) is 6.61. The number of aryl methyl sites for hydroxylation is 2. The van der Waals surface area contributed by atoms with E-state index in [0.29, 0.717) is 37.4 Å². The minimum absolute atomic E-state index is 0.128. The largest absolute Gasteiger partial charge is 0.497 e. The van der Waals surface area contributed by atoms with Crippen LogP contribution in [0.4, 0.5) is 0 Å². The Morgan fingerprint density at radius 3 is 2.46 bits per heavy atom. The van der Waals surface area contributed by atoms with E-state index in [-0.39, 0.29) is 24.0 Å². The van der Waals surface area contributed by atoms with Crippen LogP contribution in [0.5, 0.6) is 5.75 Å². The number of sulfonamides is 1. The van der Waals surface area contributed by atoms with Gasteiger partial charge in [-0.25, -0.2) is 8.42 Å². The van der Waals surface area contributed by atoms with Gasteiger partial charge in [0.2, 0.25) is 10.0 Å². The van der Waals surface area contributed by atoms with Gasteiger partial charge in [0.25, 0.3) is 5.91 Å². The van der Waals surface area contributed by atoms with Gasteiger partial charge in [0, 0.05) is 55.4 Å². The zero-order chi connectivity index (χ0) is 28.9. The van der Waals surface area contributed by atoms with E-state index in [1.54, 1.807) is 60.7 Å². The number of aromatic nitrogens is 2. The summed E-state index contributed by atoms with van der Waals surface area (Å²) in [6, 6.07) is 17.3. The van der Waals surface area contributed by atoms with Crippen LogP contribution in [0.25, 0.3) is 10.9 Å². The first-order valence-electron chi connectivity index (χ1n) is 13.8. The van der Waals surface area contributed by atoms with Crippen molar-refractivity contribution in [1.82, 2.24) is 18.8 Å². The lowest BCUT2D eigenvalue weighted by molar-refractivity contribution is 0.0592. The first kappa shape index (κ1) is 27.4. The van der Waals surface area contributed by atoms with Crippen molar-refractivity contribution in [2.75, 3.05) is 33.4 Å². The third-order valence-electron chi connectivity index (χ3n) is 8.80. The molecule has 2 aromatic heterocycles. The second-order valence-electron chi connectivity index (χ2n) is 11.1.